The topological polar surface area (TPSA) is 84.7 Å². The highest BCUT2D eigenvalue weighted by molar-refractivity contribution is 7.80. The van der Waals surface area contributed by atoms with E-state index in [1.807, 2.05) is 19.1 Å². The molecule has 0 aliphatic carbocycles. The molecule has 0 bridgehead atoms. The highest BCUT2D eigenvalue weighted by Gasteiger charge is 2.13. The third-order valence-electron chi connectivity index (χ3n) is 3.44. The quantitative estimate of drug-likeness (QED) is 0.683. The van der Waals surface area contributed by atoms with E-state index < -0.39 is 0 Å². The van der Waals surface area contributed by atoms with Crippen molar-refractivity contribution >= 4 is 51.6 Å². The average molecular weight is 375 g/mol. The summed E-state index contributed by atoms with van der Waals surface area (Å²) in [7, 11) is 0. The Hall–Kier alpha value is -2.58. The van der Waals surface area contributed by atoms with E-state index in [0.717, 1.165) is 17.2 Å². The van der Waals surface area contributed by atoms with Crippen molar-refractivity contribution in [2.45, 2.75) is 19.9 Å². The van der Waals surface area contributed by atoms with Gasteiger partial charge >= 0.3 is 0 Å². The molecule has 0 spiro atoms. The molecule has 0 radical (unpaired) electrons. The van der Waals surface area contributed by atoms with Crippen molar-refractivity contribution in [2.75, 3.05) is 5.32 Å². The number of thiocarbonyl (C=S) groups is 1. The van der Waals surface area contributed by atoms with E-state index in [1.54, 1.807) is 24.3 Å². The van der Waals surface area contributed by atoms with Gasteiger partial charge in [0.2, 0.25) is 0 Å². The Labute approximate surface area is 154 Å². The van der Waals surface area contributed by atoms with Crippen LogP contribution in [0.5, 0.6) is 0 Å². The summed E-state index contributed by atoms with van der Waals surface area (Å²) in [5, 5.41) is 19.4. The zero-order valence-corrected chi connectivity index (χ0v) is 14.9. The van der Waals surface area contributed by atoms with Crippen molar-refractivity contribution in [2.24, 2.45) is 0 Å². The van der Waals surface area contributed by atoms with Gasteiger partial charge in [-0.2, -0.15) is 4.80 Å². The minimum absolute atomic E-state index is 0.0973. The van der Waals surface area contributed by atoms with Crippen molar-refractivity contribution in [1.82, 2.24) is 25.5 Å². The number of halogens is 1. The highest BCUT2D eigenvalue weighted by atomic mass is 35.5. The first-order valence-electron chi connectivity index (χ1n) is 7.66. The molecule has 3 aromatic rings. The van der Waals surface area contributed by atoms with Crippen molar-refractivity contribution in [3.05, 3.63) is 47.0 Å². The van der Waals surface area contributed by atoms with Gasteiger partial charge in [0, 0.05) is 16.0 Å². The van der Waals surface area contributed by atoms with E-state index in [2.05, 4.69) is 26.0 Å². The van der Waals surface area contributed by atoms with E-state index in [0.29, 0.717) is 17.1 Å². The number of nitrogens with one attached hydrogen (secondary N) is 2. The summed E-state index contributed by atoms with van der Waals surface area (Å²) >= 11 is 11.3. The smallest absolute Gasteiger partial charge is 0.269 e. The number of aromatic nitrogens is 4. The summed E-state index contributed by atoms with van der Waals surface area (Å²) in [6.07, 6.45) is 0.890. The van der Waals surface area contributed by atoms with Gasteiger partial charge in [0.1, 0.15) is 0 Å². The van der Waals surface area contributed by atoms with Crippen LogP contribution in [0.25, 0.3) is 10.8 Å². The Morgan fingerprint density at radius 2 is 2.00 bits per heavy atom. The van der Waals surface area contributed by atoms with Crippen molar-refractivity contribution < 1.29 is 4.79 Å². The Bertz CT molecular complexity index is 941. The zero-order valence-electron chi connectivity index (χ0n) is 13.4. The molecular weight excluding hydrogens is 360 g/mol. The number of carbonyl (C=O) groups excluding carboxylic acids is 1. The van der Waals surface area contributed by atoms with Gasteiger partial charge in [-0.1, -0.05) is 47.9 Å². The van der Waals surface area contributed by atoms with Gasteiger partial charge in [-0.25, -0.2) is 0 Å². The molecule has 1 heterocycles. The van der Waals surface area contributed by atoms with E-state index in [-0.39, 0.29) is 17.0 Å². The standard InChI is InChI=1S/C16H15ClN6OS/c1-2-9-23-21-15(20-22-23)19-16(25)18-14(24)12-7-3-6-11-10(12)5-4-8-13(11)17/h3-8H,2,9H2,1H3,(H2,18,19,21,24,25). The molecule has 2 aromatic carbocycles. The first-order chi connectivity index (χ1) is 12.1. The fourth-order valence-electron chi connectivity index (χ4n) is 2.36. The second kappa shape index (κ2) is 7.54. The number of tetrazole rings is 1. The maximum atomic E-state index is 12.5. The lowest BCUT2D eigenvalue weighted by Gasteiger charge is -2.09. The summed E-state index contributed by atoms with van der Waals surface area (Å²) in [6, 6.07) is 10.8. The predicted molar refractivity (Wildman–Crippen MR) is 101 cm³/mol. The third kappa shape index (κ3) is 3.92. The number of rotatable bonds is 4. The second-order valence-electron chi connectivity index (χ2n) is 5.26. The molecule has 7 nitrogen and oxygen atoms in total. The first-order valence-corrected chi connectivity index (χ1v) is 8.44. The highest BCUT2D eigenvalue weighted by Crippen LogP contribution is 2.25. The van der Waals surface area contributed by atoms with E-state index >= 15 is 0 Å². The lowest BCUT2D eigenvalue weighted by Crippen LogP contribution is -2.34. The van der Waals surface area contributed by atoms with Gasteiger partial charge in [0.05, 0.1) is 6.54 Å². The van der Waals surface area contributed by atoms with Crippen LogP contribution in [-0.4, -0.2) is 31.2 Å². The molecular formula is C16H15ClN6OS. The molecule has 2 N–H and O–H groups in total. The molecule has 0 aliphatic heterocycles. The summed E-state index contributed by atoms with van der Waals surface area (Å²) in [4.78, 5) is 14.0. The Balaban J connectivity index is 1.73. The summed E-state index contributed by atoms with van der Waals surface area (Å²) in [5.74, 6) is -0.106. The zero-order chi connectivity index (χ0) is 17.8. The molecule has 0 saturated heterocycles. The maximum absolute atomic E-state index is 12.5. The fourth-order valence-corrected chi connectivity index (χ4v) is 2.78. The third-order valence-corrected chi connectivity index (χ3v) is 3.98. The fraction of sp³-hybridized carbons (Fsp3) is 0.188. The molecule has 25 heavy (non-hydrogen) atoms. The number of carbonyl (C=O) groups is 1. The summed E-state index contributed by atoms with van der Waals surface area (Å²) < 4.78 is 0. The number of nitrogens with zero attached hydrogens (tertiary/aromatic N) is 4. The average Bonchev–Trinajstić information content (AvgIpc) is 3.02. The van der Waals surface area contributed by atoms with Gasteiger partial charge in [0.25, 0.3) is 11.9 Å². The van der Waals surface area contributed by atoms with Crippen LogP contribution < -0.4 is 10.6 Å². The van der Waals surface area contributed by atoms with Crippen LogP contribution >= 0.6 is 23.8 Å². The van der Waals surface area contributed by atoms with Crippen LogP contribution in [0, 0.1) is 0 Å². The normalized spacial score (nSPS) is 10.6. The van der Waals surface area contributed by atoms with E-state index in [1.165, 1.54) is 4.80 Å². The van der Waals surface area contributed by atoms with Crippen LogP contribution in [0.2, 0.25) is 5.02 Å². The molecule has 0 fully saturated rings. The second-order valence-corrected chi connectivity index (χ2v) is 6.07. The molecule has 0 atom stereocenters. The SMILES string of the molecule is CCCn1nnc(NC(=S)NC(=O)c2cccc3c(Cl)cccc23)n1. The predicted octanol–water partition coefficient (Wildman–Crippen LogP) is 3.02. The molecule has 128 valence electrons. The number of hydrogen-bond acceptors (Lipinski definition) is 5. The van der Waals surface area contributed by atoms with Gasteiger partial charge in [0.15, 0.2) is 5.11 Å². The Morgan fingerprint density at radius 1 is 1.24 bits per heavy atom. The largest absolute Gasteiger partial charge is 0.299 e. The maximum Gasteiger partial charge on any atom is 0.269 e. The van der Waals surface area contributed by atoms with Crippen LogP contribution in [-0.2, 0) is 6.54 Å². The van der Waals surface area contributed by atoms with Crippen molar-refractivity contribution in [3.8, 4) is 0 Å². The number of amides is 1. The van der Waals surface area contributed by atoms with Crippen molar-refractivity contribution in [3.63, 3.8) is 0 Å². The minimum atomic E-state index is -0.341. The molecule has 0 saturated carbocycles. The lowest BCUT2D eigenvalue weighted by atomic mass is 10.0. The Morgan fingerprint density at radius 3 is 2.80 bits per heavy atom. The van der Waals surface area contributed by atoms with Gasteiger partial charge in [-0.05, 0) is 41.4 Å². The molecule has 3 rings (SSSR count). The molecule has 1 aromatic heterocycles. The monoisotopic (exact) mass is 374 g/mol. The molecule has 0 aliphatic rings. The summed E-state index contributed by atoms with van der Waals surface area (Å²) in [5.41, 5.74) is 0.478. The van der Waals surface area contributed by atoms with Crippen LogP contribution in [0.15, 0.2) is 36.4 Å². The molecule has 0 unspecified atom stereocenters. The first kappa shape index (κ1) is 17.2. The number of fused-ring (bicyclic) bond motifs is 1. The minimum Gasteiger partial charge on any atom is -0.299 e. The van der Waals surface area contributed by atoms with Gasteiger partial charge < -0.3 is 0 Å². The van der Waals surface area contributed by atoms with E-state index in [9.17, 15) is 4.79 Å². The molecule has 9 heteroatoms. The van der Waals surface area contributed by atoms with Gasteiger partial charge in [-0.3, -0.25) is 15.4 Å². The van der Waals surface area contributed by atoms with Crippen LogP contribution in [0.3, 0.4) is 0 Å². The van der Waals surface area contributed by atoms with Crippen LogP contribution in [0.1, 0.15) is 23.7 Å². The Kier molecular flexibility index (Phi) is 5.20. The number of aryl methyl sites for hydroxylation is 1. The summed E-state index contributed by atoms with van der Waals surface area (Å²) in [6.45, 7) is 2.67. The van der Waals surface area contributed by atoms with E-state index in [4.69, 9.17) is 23.8 Å². The van der Waals surface area contributed by atoms with Gasteiger partial charge in [-0.15, -0.1) is 5.10 Å². The number of anilines is 1. The van der Waals surface area contributed by atoms with Crippen LogP contribution in [0.4, 0.5) is 5.95 Å². The number of hydrogen-bond donors (Lipinski definition) is 2. The molecule has 1 amide bonds. The lowest BCUT2D eigenvalue weighted by molar-refractivity contribution is 0.0979. The van der Waals surface area contributed by atoms with Crippen molar-refractivity contribution in [1.29, 1.82) is 0 Å². The number of benzene rings is 2.